The van der Waals surface area contributed by atoms with Gasteiger partial charge in [0.2, 0.25) is 0 Å². The summed E-state index contributed by atoms with van der Waals surface area (Å²) in [6, 6.07) is 15.5. The molecule has 0 fully saturated rings. The number of anilines is 2. The van der Waals surface area contributed by atoms with Crippen LogP contribution in [0.4, 0.5) is 11.4 Å². The van der Waals surface area contributed by atoms with Gasteiger partial charge >= 0.3 is 0 Å². The number of furan rings is 1. The zero-order valence-corrected chi connectivity index (χ0v) is 14.6. The van der Waals surface area contributed by atoms with Crippen molar-refractivity contribution >= 4 is 27.3 Å². The van der Waals surface area contributed by atoms with Crippen molar-refractivity contribution in [2.45, 2.75) is 4.90 Å². The van der Waals surface area contributed by atoms with Gasteiger partial charge in [-0.25, -0.2) is 8.42 Å². The number of methoxy groups -OCH3 is 1. The lowest BCUT2D eigenvalue weighted by atomic mass is 10.3. The summed E-state index contributed by atoms with van der Waals surface area (Å²) in [5, 5.41) is 2.62. The lowest BCUT2D eigenvalue weighted by Gasteiger charge is -2.10. The van der Waals surface area contributed by atoms with Gasteiger partial charge in [-0.3, -0.25) is 9.52 Å². The van der Waals surface area contributed by atoms with E-state index in [9.17, 15) is 13.2 Å². The van der Waals surface area contributed by atoms with Gasteiger partial charge in [-0.05, 0) is 60.7 Å². The number of rotatable bonds is 6. The average Bonchev–Trinajstić information content (AvgIpc) is 3.17. The van der Waals surface area contributed by atoms with E-state index in [4.69, 9.17) is 9.15 Å². The summed E-state index contributed by atoms with van der Waals surface area (Å²) >= 11 is 0. The molecule has 7 nitrogen and oxygen atoms in total. The Morgan fingerprint density at radius 3 is 2.19 bits per heavy atom. The summed E-state index contributed by atoms with van der Waals surface area (Å²) in [6.07, 6.45) is 1.40. The van der Waals surface area contributed by atoms with Gasteiger partial charge in [0.25, 0.3) is 15.9 Å². The zero-order valence-electron chi connectivity index (χ0n) is 13.8. The van der Waals surface area contributed by atoms with E-state index in [0.29, 0.717) is 17.1 Å². The first kappa shape index (κ1) is 17.6. The Morgan fingerprint density at radius 1 is 0.962 bits per heavy atom. The number of hydrogen-bond donors (Lipinski definition) is 2. The summed E-state index contributed by atoms with van der Waals surface area (Å²) in [7, 11) is -2.21. The van der Waals surface area contributed by atoms with Crippen molar-refractivity contribution < 1.29 is 22.4 Å². The van der Waals surface area contributed by atoms with E-state index in [0.717, 1.165) is 0 Å². The maximum Gasteiger partial charge on any atom is 0.291 e. The largest absolute Gasteiger partial charge is 0.497 e. The molecule has 3 rings (SSSR count). The van der Waals surface area contributed by atoms with Crippen LogP contribution in [0.1, 0.15) is 10.6 Å². The number of amides is 1. The summed E-state index contributed by atoms with van der Waals surface area (Å²) in [5.74, 6) is 0.384. The molecule has 8 heteroatoms. The van der Waals surface area contributed by atoms with Crippen LogP contribution in [0.15, 0.2) is 76.2 Å². The van der Waals surface area contributed by atoms with Crippen LogP contribution in [0.3, 0.4) is 0 Å². The van der Waals surface area contributed by atoms with Gasteiger partial charge in [0.05, 0.1) is 18.3 Å². The van der Waals surface area contributed by atoms with Crippen molar-refractivity contribution in [3.8, 4) is 5.75 Å². The zero-order chi connectivity index (χ0) is 18.6. The van der Waals surface area contributed by atoms with Crippen LogP contribution in [0.5, 0.6) is 5.75 Å². The smallest absolute Gasteiger partial charge is 0.291 e. The third-order valence-electron chi connectivity index (χ3n) is 3.51. The minimum absolute atomic E-state index is 0.0734. The van der Waals surface area contributed by atoms with E-state index in [2.05, 4.69) is 10.0 Å². The van der Waals surface area contributed by atoms with Gasteiger partial charge in [-0.1, -0.05) is 0 Å². The Hall–Kier alpha value is -3.26. The lowest BCUT2D eigenvalue weighted by Crippen LogP contribution is -2.14. The maximum absolute atomic E-state index is 12.4. The van der Waals surface area contributed by atoms with E-state index in [1.165, 1.54) is 43.7 Å². The Kier molecular flexibility index (Phi) is 4.94. The molecule has 0 saturated carbocycles. The SMILES string of the molecule is COc1ccc(NS(=O)(=O)c2ccc(NC(=O)c3ccco3)cc2)cc1. The fourth-order valence-electron chi connectivity index (χ4n) is 2.19. The number of carbonyl (C=O) groups excluding carboxylic acids is 1. The maximum atomic E-state index is 12.4. The molecular weight excluding hydrogens is 356 g/mol. The summed E-state index contributed by atoms with van der Waals surface area (Å²) in [4.78, 5) is 12.0. The second-order valence-electron chi connectivity index (χ2n) is 5.29. The Labute approximate surface area is 150 Å². The highest BCUT2D eigenvalue weighted by molar-refractivity contribution is 7.92. The standard InChI is InChI=1S/C18H16N2O5S/c1-24-15-8-4-14(5-9-15)20-26(22,23)16-10-6-13(7-11-16)19-18(21)17-3-2-12-25-17/h2-12,20H,1H3,(H,19,21). The first-order chi connectivity index (χ1) is 12.5. The second-order valence-corrected chi connectivity index (χ2v) is 6.97. The third-order valence-corrected chi connectivity index (χ3v) is 4.91. The molecule has 2 aromatic carbocycles. The molecular formula is C18H16N2O5S. The van der Waals surface area contributed by atoms with Gasteiger partial charge < -0.3 is 14.5 Å². The number of nitrogens with one attached hydrogen (secondary N) is 2. The fourth-order valence-corrected chi connectivity index (χ4v) is 3.25. The topological polar surface area (TPSA) is 97.6 Å². The highest BCUT2D eigenvalue weighted by atomic mass is 32.2. The molecule has 1 aromatic heterocycles. The number of sulfonamides is 1. The number of ether oxygens (including phenoxy) is 1. The molecule has 0 aliphatic rings. The minimum Gasteiger partial charge on any atom is -0.497 e. The van der Waals surface area contributed by atoms with E-state index in [-0.39, 0.29) is 10.7 Å². The molecule has 0 atom stereocenters. The van der Waals surface area contributed by atoms with Crippen LogP contribution in [-0.4, -0.2) is 21.4 Å². The van der Waals surface area contributed by atoms with Crippen molar-refractivity contribution in [2.24, 2.45) is 0 Å². The number of hydrogen-bond acceptors (Lipinski definition) is 5. The fraction of sp³-hybridized carbons (Fsp3) is 0.0556. The van der Waals surface area contributed by atoms with Crippen molar-refractivity contribution in [1.82, 2.24) is 0 Å². The molecule has 0 radical (unpaired) electrons. The quantitative estimate of drug-likeness (QED) is 0.692. The molecule has 1 heterocycles. The third kappa shape index (κ3) is 4.04. The van der Waals surface area contributed by atoms with Crippen LogP contribution in [0.2, 0.25) is 0 Å². The van der Waals surface area contributed by atoms with Crippen LogP contribution in [0, 0.1) is 0 Å². The molecule has 0 aliphatic carbocycles. The molecule has 0 saturated heterocycles. The van der Waals surface area contributed by atoms with Crippen LogP contribution in [0.25, 0.3) is 0 Å². The summed E-state index contributed by atoms with van der Waals surface area (Å²) < 4.78 is 37.4. The van der Waals surface area contributed by atoms with Crippen LogP contribution in [-0.2, 0) is 10.0 Å². The molecule has 1 amide bonds. The van der Waals surface area contributed by atoms with Gasteiger partial charge in [-0.2, -0.15) is 0 Å². The molecule has 3 aromatic rings. The van der Waals surface area contributed by atoms with E-state index >= 15 is 0 Å². The van der Waals surface area contributed by atoms with E-state index < -0.39 is 15.9 Å². The van der Waals surface area contributed by atoms with Crippen molar-refractivity contribution in [3.63, 3.8) is 0 Å². The van der Waals surface area contributed by atoms with Crippen molar-refractivity contribution in [2.75, 3.05) is 17.1 Å². The van der Waals surface area contributed by atoms with Crippen molar-refractivity contribution in [1.29, 1.82) is 0 Å². The van der Waals surface area contributed by atoms with Crippen LogP contribution < -0.4 is 14.8 Å². The summed E-state index contributed by atoms with van der Waals surface area (Å²) in [6.45, 7) is 0. The first-order valence-corrected chi connectivity index (χ1v) is 9.08. The number of carbonyl (C=O) groups is 1. The second kappa shape index (κ2) is 7.32. The average molecular weight is 372 g/mol. The molecule has 0 bridgehead atoms. The first-order valence-electron chi connectivity index (χ1n) is 7.60. The Balaban J connectivity index is 1.71. The van der Waals surface area contributed by atoms with E-state index in [1.807, 2.05) is 0 Å². The van der Waals surface area contributed by atoms with Gasteiger partial charge in [-0.15, -0.1) is 0 Å². The monoisotopic (exact) mass is 372 g/mol. The minimum atomic E-state index is -3.74. The van der Waals surface area contributed by atoms with Crippen molar-refractivity contribution in [3.05, 3.63) is 72.7 Å². The molecule has 2 N–H and O–H groups in total. The number of benzene rings is 2. The van der Waals surface area contributed by atoms with Gasteiger partial charge in [0.1, 0.15) is 5.75 Å². The van der Waals surface area contributed by atoms with Gasteiger partial charge in [0, 0.05) is 11.4 Å². The predicted octanol–water partition coefficient (Wildman–Crippen LogP) is 3.34. The Bertz CT molecular complexity index is 979. The Morgan fingerprint density at radius 2 is 1.62 bits per heavy atom. The highest BCUT2D eigenvalue weighted by Gasteiger charge is 2.15. The highest BCUT2D eigenvalue weighted by Crippen LogP contribution is 2.20. The van der Waals surface area contributed by atoms with Gasteiger partial charge in [0.15, 0.2) is 5.76 Å². The molecule has 0 aliphatic heterocycles. The molecule has 26 heavy (non-hydrogen) atoms. The molecule has 134 valence electrons. The predicted molar refractivity (Wildman–Crippen MR) is 96.9 cm³/mol. The molecule has 0 spiro atoms. The normalized spacial score (nSPS) is 11.0. The molecule has 0 unspecified atom stereocenters. The summed E-state index contributed by atoms with van der Waals surface area (Å²) in [5.41, 5.74) is 0.871. The van der Waals surface area contributed by atoms with Crippen LogP contribution >= 0.6 is 0 Å². The van der Waals surface area contributed by atoms with E-state index in [1.54, 1.807) is 30.3 Å². The lowest BCUT2D eigenvalue weighted by molar-refractivity contribution is 0.0996.